The number of piperidine rings is 1. The van der Waals surface area contributed by atoms with Gasteiger partial charge in [-0.2, -0.15) is 5.10 Å². The molecule has 1 saturated heterocycles. The predicted molar refractivity (Wildman–Crippen MR) is 76.0 cm³/mol. The van der Waals surface area contributed by atoms with Crippen LogP contribution in [-0.2, 0) is 0 Å². The third-order valence-electron chi connectivity index (χ3n) is 3.90. The normalized spacial score (nSPS) is 17.4. The Kier molecular flexibility index (Phi) is 4.56. The lowest BCUT2D eigenvalue weighted by atomic mass is 9.92. The number of hydrogen-bond donors (Lipinski definition) is 0. The molecule has 0 bridgehead atoms. The van der Waals surface area contributed by atoms with Gasteiger partial charge in [-0.15, -0.1) is 5.10 Å². The van der Waals surface area contributed by atoms with E-state index < -0.39 is 0 Å². The van der Waals surface area contributed by atoms with E-state index in [1.54, 1.807) is 0 Å². The lowest BCUT2D eigenvalue weighted by Gasteiger charge is -2.32. The number of hydrogen-bond acceptors (Lipinski definition) is 3. The maximum atomic E-state index is 4.37. The second-order valence-electron chi connectivity index (χ2n) is 5.69. The first-order valence-corrected chi connectivity index (χ1v) is 7.29. The number of nitrogens with zero attached hydrogens (tertiary/aromatic N) is 3. The van der Waals surface area contributed by atoms with Gasteiger partial charge in [0, 0.05) is 13.1 Å². The number of anilines is 1. The third-order valence-corrected chi connectivity index (χ3v) is 3.90. The Labute approximate surface area is 111 Å². The summed E-state index contributed by atoms with van der Waals surface area (Å²) in [5.41, 5.74) is 1.08. The summed E-state index contributed by atoms with van der Waals surface area (Å²) in [5.74, 6) is 2.44. The van der Waals surface area contributed by atoms with Crippen LogP contribution in [0.4, 0.5) is 5.82 Å². The first-order chi connectivity index (χ1) is 8.70. The molecule has 0 spiro atoms. The van der Waals surface area contributed by atoms with Crippen molar-refractivity contribution >= 4 is 5.82 Å². The summed E-state index contributed by atoms with van der Waals surface area (Å²) in [6.45, 7) is 8.86. The van der Waals surface area contributed by atoms with E-state index >= 15 is 0 Å². The van der Waals surface area contributed by atoms with E-state index in [-0.39, 0.29) is 0 Å². The lowest BCUT2D eigenvalue weighted by Crippen LogP contribution is -2.34. The van der Waals surface area contributed by atoms with Crippen LogP contribution in [0, 0.1) is 5.92 Å². The topological polar surface area (TPSA) is 29.0 Å². The second-order valence-corrected chi connectivity index (χ2v) is 5.69. The first-order valence-electron chi connectivity index (χ1n) is 7.29. The van der Waals surface area contributed by atoms with Gasteiger partial charge in [0.1, 0.15) is 0 Å². The smallest absolute Gasteiger partial charge is 0.151 e. The summed E-state index contributed by atoms with van der Waals surface area (Å²) in [7, 11) is 0. The molecule has 2 rings (SSSR count). The van der Waals surface area contributed by atoms with Crippen molar-refractivity contribution in [2.24, 2.45) is 5.92 Å². The zero-order valence-electron chi connectivity index (χ0n) is 11.9. The molecule has 100 valence electrons. The van der Waals surface area contributed by atoms with E-state index in [2.05, 4.69) is 48.0 Å². The zero-order chi connectivity index (χ0) is 13.0. The van der Waals surface area contributed by atoms with Crippen LogP contribution in [0.3, 0.4) is 0 Å². The van der Waals surface area contributed by atoms with E-state index in [1.807, 2.05) is 0 Å². The van der Waals surface area contributed by atoms with Gasteiger partial charge in [-0.3, -0.25) is 0 Å². The van der Waals surface area contributed by atoms with Crippen LogP contribution in [0.15, 0.2) is 12.1 Å². The van der Waals surface area contributed by atoms with Crippen molar-refractivity contribution < 1.29 is 0 Å². The van der Waals surface area contributed by atoms with Gasteiger partial charge in [0.15, 0.2) is 5.82 Å². The van der Waals surface area contributed by atoms with E-state index in [1.165, 1.54) is 25.7 Å². The van der Waals surface area contributed by atoms with Crippen molar-refractivity contribution in [3.8, 4) is 0 Å². The molecule has 0 aliphatic carbocycles. The van der Waals surface area contributed by atoms with Gasteiger partial charge in [-0.05, 0) is 36.8 Å². The zero-order valence-corrected chi connectivity index (χ0v) is 11.9. The molecule has 2 heterocycles. The fourth-order valence-electron chi connectivity index (χ4n) is 2.67. The molecule has 0 radical (unpaired) electrons. The quantitative estimate of drug-likeness (QED) is 0.813. The van der Waals surface area contributed by atoms with Crippen LogP contribution in [0.2, 0.25) is 0 Å². The highest BCUT2D eigenvalue weighted by atomic mass is 15.3. The molecule has 1 aliphatic heterocycles. The molecule has 0 atom stereocenters. The molecule has 0 aromatic carbocycles. The Hall–Kier alpha value is -1.12. The van der Waals surface area contributed by atoms with Crippen molar-refractivity contribution in [1.82, 2.24) is 10.2 Å². The van der Waals surface area contributed by atoms with E-state index in [4.69, 9.17) is 0 Å². The molecule has 0 amide bonds. The Morgan fingerprint density at radius 1 is 1.22 bits per heavy atom. The van der Waals surface area contributed by atoms with Crippen molar-refractivity contribution in [3.63, 3.8) is 0 Å². The predicted octanol–water partition coefficient (Wildman–Crippen LogP) is 3.62. The summed E-state index contributed by atoms with van der Waals surface area (Å²) in [6.07, 6.45) is 5.31. The Morgan fingerprint density at radius 3 is 2.44 bits per heavy atom. The van der Waals surface area contributed by atoms with Crippen LogP contribution in [0.25, 0.3) is 0 Å². The highest BCUT2D eigenvalue weighted by Crippen LogP contribution is 2.24. The van der Waals surface area contributed by atoms with Crippen molar-refractivity contribution in [3.05, 3.63) is 17.8 Å². The van der Waals surface area contributed by atoms with Gasteiger partial charge in [0.25, 0.3) is 0 Å². The summed E-state index contributed by atoms with van der Waals surface area (Å²) in [5, 5.41) is 8.69. The first kappa shape index (κ1) is 13.3. The largest absolute Gasteiger partial charge is 0.355 e. The number of aromatic nitrogens is 2. The van der Waals surface area contributed by atoms with Gasteiger partial charge in [0.2, 0.25) is 0 Å². The van der Waals surface area contributed by atoms with Crippen molar-refractivity contribution in [1.29, 1.82) is 0 Å². The number of rotatable bonds is 4. The molecule has 0 N–H and O–H groups in total. The summed E-state index contributed by atoms with van der Waals surface area (Å²) >= 11 is 0. The summed E-state index contributed by atoms with van der Waals surface area (Å²) in [6, 6.07) is 4.24. The molecular formula is C15H25N3. The Bertz CT molecular complexity index is 351. The van der Waals surface area contributed by atoms with Gasteiger partial charge >= 0.3 is 0 Å². The minimum absolute atomic E-state index is 0.460. The van der Waals surface area contributed by atoms with Crippen molar-refractivity contribution in [2.45, 2.75) is 52.4 Å². The molecule has 1 aromatic rings. The molecular weight excluding hydrogens is 222 g/mol. The minimum Gasteiger partial charge on any atom is -0.355 e. The average Bonchev–Trinajstić information content (AvgIpc) is 2.40. The van der Waals surface area contributed by atoms with Crippen LogP contribution >= 0.6 is 0 Å². The summed E-state index contributed by atoms with van der Waals surface area (Å²) in [4.78, 5) is 2.38. The summed E-state index contributed by atoms with van der Waals surface area (Å²) < 4.78 is 0. The molecule has 3 nitrogen and oxygen atoms in total. The van der Waals surface area contributed by atoms with E-state index in [0.717, 1.165) is 30.5 Å². The lowest BCUT2D eigenvalue weighted by molar-refractivity contribution is 0.377. The Balaban J connectivity index is 1.93. The van der Waals surface area contributed by atoms with Crippen LogP contribution in [0.5, 0.6) is 0 Å². The second kappa shape index (κ2) is 6.17. The fourth-order valence-corrected chi connectivity index (χ4v) is 2.67. The highest BCUT2D eigenvalue weighted by molar-refractivity contribution is 5.38. The van der Waals surface area contributed by atoms with Gasteiger partial charge in [0.05, 0.1) is 5.69 Å². The molecule has 3 heteroatoms. The van der Waals surface area contributed by atoms with Gasteiger partial charge in [-0.1, -0.05) is 33.6 Å². The monoisotopic (exact) mass is 247 g/mol. The van der Waals surface area contributed by atoms with Gasteiger partial charge in [-0.25, -0.2) is 0 Å². The van der Waals surface area contributed by atoms with Crippen LogP contribution in [-0.4, -0.2) is 23.3 Å². The van der Waals surface area contributed by atoms with Crippen molar-refractivity contribution in [2.75, 3.05) is 18.0 Å². The van der Waals surface area contributed by atoms with Crippen LogP contribution in [0.1, 0.15) is 58.1 Å². The molecule has 18 heavy (non-hydrogen) atoms. The SMILES string of the molecule is CCCC1CCN(c2ccc(C(C)C)nn2)CC1. The highest BCUT2D eigenvalue weighted by Gasteiger charge is 2.19. The standard InChI is InChI=1S/C15H25N3/c1-4-5-13-8-10-18(11-9-13)15-7-6-14(12(2)3)16-17-15/h6-7,12-13H,4-5,8-11H2,1-3H3. The molecule has 1 aromatic heterocycles. The molecule has 1 fully saturated rings. The van der Waals surface area contributed by atoms with Gasteiger partial charge < -0.3 is 4.90 Å². The average molecular weight is 247 g/mol. The maximum Gasteiger partial charge on any atom is 0.151 e. The third kappa shape index (κ3) is 3.21. The molecule has 0 unspecified atom stereocenters. The van der Waals surface area contributed by atoms with E-state index in [9.17, 15) is 0 Å². The molecule has 1 aliphatic rings. The Morgan fingerprint density at radius 2 is 1.94 bits per heavy atom. The van der Waals surface area contributed by atoms with E-state index in [0.29, 0.717) is 5.92 Å². The fraction of sp³-hybridized carbons (Fsp3) is 0.733. The van der Waals surface area contributed by atoms with Crippen LogP contribution < -0.4 is 4.90 Å². The maximum absolute atomic E-state index is 4.37. The molecule has 0 saturated carbocycles. The minimum atomic E-state index is 0.460.